The molecule has 3 rings (SSSR count). The largest absolute Gasteiger partial charge is 0.325 e. The maximum Gasteiger partial charge on any atom is 0.319 e. The standard InChI is InChI=1S/C16H27N5OS/c1-12(2)21-14(17-18-15(21)23-3)13-6-10-20(11-7-13)16(22)19-8-4-5-9-19/h12-13H,4-11H2,1-3H3. The van der Waals surface area contributed by atoms with E-state index in [-0.39, 0.29) is 6.03 Å². The Morgan fingerprint density at radius 2 is 1.70 bits per heavy atom. The predicted octanol–water partition coefficient (Wildman–Crippen LogP) is 2.98. The number of likely N-dealkylation sites (tertiary alicyclic amines) is 2. The zero-order valence-electron chi connectivity index (χ0n) is 14.4. The second-order valence-electron chi connectivity index (χ2n) is 6.75. The highest BCUT2D eigenvalue weighted by atomic mass is 32.2. The van der Waals surface area contributed by atoms with E-state index in [0.717, 1.165) is 62.8 Å². The van der Waals surface area contributed by atoms with Crippen molar-refractivity contribution in [1.82, 2.24) is 24.6 Å². The Morgan fingerprint density at radius 3 is 2.26 bits per heavy atom. The molecule has 0 aromatic carbocycles. The molecule has 2 saturated heterocycles. The number of rotatable bonds is 3. The lowest BCUT2D eigenvalue weighted by molar-refractivity contribution is 0.147. The summed E-state index contributed by atoms with van der Waals surface area (Å²) in [4.78, 5) is 16.5. The van der Waals surface area contributed by atoms with Crippen molar-refractivity contribution in [2.75, 3.05) is 32.4 Å². The third-order valence-electron chi connectivity index (χ3n) is 4.90. The lowest BCUT2D eigenvalue weighted by atomic mass is 9.96. The first-order chi connectivity index (χ1) is 11.1. The minimum atomic E-state index is 0.232. The highest BCUT2D eigenvalue weighted by Gasteiger charge is 2.31. The van der Waals surface area contributed by atoms with Crippen LogP contribution in [0.3, 0.4) is 0 Å². The Kier molecular flexibility index (Phi) is 5.14. The lowest BCUT2D eigenvalue weighted by Crippen LogP contribution is -2.45. The van der Waals surface area contributed by atoms with Crippen molar-refractivity contribution in [2.45, 2.75) is 56.6 Å². The predicted molar refractivity (Wildman–Crippen MR) is 91.9 cm³/mol. The van der Waals surface area contributed by atoms with E-state index >= 15 is 0 Å². The van der Waals surface area contributed by atoms with Crippen LogP contribution in [0.25, 0.3) is 0 Å². The Bertz CT molecular complexity index is 545. The average Bonchev–Trinajstić information content (AvgIpc) is 3.23. The molecular weight excluding hydrogens is 310 g/mol. The topological polar surface area (TPSA) is 54.3 Å². The molecule has 0 bridgehead atoms. The number of hydrogen-bond donors (Lipinski definition) is 0. The number of thioether (sulfide) groups is 1. The molecule has 2 aliphatic heterocycles. The van der Waals surface area contributed by atoms with Gasteiger partial charge < -0.3 is 14.4 Å². The van der Waals surface area contributed by atoms with Gasteiger partial charge in [0.1, 0.15) is 5.82 Å². The maximum absolute atomic E-state index is 12.5. The first-order valence-corrected chi connectivity index (χ1v) is 9.87. The fourth-order valence-electron chi connectivity index (χ4n) is 3.63. The summed E-state index contributed by atoms with van der Waals surface area (Å²) in [6.07, 6.45) is 6.32. The molecule has 2 aliphatic rings. The van der Waals surface area contributed by atoms with Crippen molar-refractivity contribution >= 4 is 17.8 Å². The minimum Gasteiger partial charge on any atom is -0.325 e. The van der Waals surface area contributed by atoms with Crippen molar-refractivity contribution < 1.29 is 4.79 Å². The highest BCUT2D eigenvalue weighted by molar-refractivity contribution is 7.98. The van der Waals surface area contributed by atoms with Crippen molar-refractivity contribution in [2.24, 2.45) is 0 Å². The van der Waals surface area contributed by atoms with Crippen molar-refractivity contribution in [3.63, 3.8) is 0 Å². The van der Waals surface area contributed by atoms with Crippen LogP contribution in [0.4, 0.5) is 4.79 Å². The molecule has 128 valence electrons. The smallest absolute Gasteiger partial charge is 0.319 e. The number of aromatic nitrogens is 3. The van der Waals surface area contributed by atoms with Gasteiger partial charge in [0.25, 0.3) is 0 Å². The summed E-state index contributed by atoms with van der Waals surface area (Å²) in [6.45, 7) is 7.88. The van der Waals surface area contributed by atoms with Crippen LogP contribution in [0, 0.1) is 0 Å². The van der Waals surface area contributed by atoms with Crippen molar-refractivity contribution in [3.05, 3.63) is 5.82 Å². The Morgan fingerprint density at radius 1 is 1.09 bits per heavy atom. The van der Waals surface area contributed by atoms with Crippen LogP contribution in [-0.2, 0) is 0 Å². The van der Waals surface area contributed by atoms with E-state index in [4.69, 9.17) is 0 Å². The molecule has 6 nitrogen and oxygen atoms in total. The first kappa shape index (κ1) is 16.6. The summed E-state index contributed by atoms with van der Waals surface area (Å²) in [6, 6.07) is 0.600. The summed E-state index contributed by atoms with van der Waals surface area (Å²) >= 11 is 1.65. The van der Waals surface area contributed by atoms with Crippen molar-refractivity contribution in [1.29, 1.82) is 0 Å². The van der Waals surface area contributed by atoms with Gasteiger partial charge >= 0.3 is 6.03 Å². The van der Waals surface area contributed by atoms with Crippen LogP contribution in [0.15, 0.2) is 5.16 Å². The summed E-state index contributed by atoms with van der Waals surface area (Å²) in [5, 5.41) is 9.78. The minimum absolute atomic E-state index is 0.232. The number of carbonyl (C=O) groups excluding carboxylic acids is 1. The molecule has 0 N–H and O–H groups in total. The number of piperidine rings is 1. The van der Waals surface area contributed by atoms with E-state index in [1.807, 2.05) is 16.1 Å². The molecule has 0 saturated carbocycles. The molecule has 1 aromatic rings. The molecule has 2 amide bonds. The number of urea groups is 1. The van der Waals surface area contributed by atoms with Gasteiger partial charge in [0.05, 0.1) is 0 Å². The van der Waals surface area contributed by atoms with Crippen molar-refractivity contribution in [3.8, 4) is 0 Å². The fourth-order valence-corrected chi connectivity index (χ4v) is 4.25. The first-order valence-electron chi connectivity index (χ1n) is 8.64. The van der Waals surface area contributed by atoms with Crippen LogP contribution < -0.4 is 0 Å². The molecule has 23 heavy (non-hydrogen) atoms. The number of amides is 2. The normalized spacial score (nSPS) is 19.8. The van der Waals surface area contributed by atoms with Gasteiger partial charge in [-0.3, -0.25) is 0 Å². The van der Waals surface area contributed by atoms with Crippen LogP contribution in [0.1, 0.15) is 57.3 Å². The highest BCUT2D eigenvalue weighted by Crippen LogP contribution is 2.31. The molecule has 7 heteroatoms. The van der Waals surface area contributed by atoms with Crippen LogP contribution >= 0.6 is 11.8 Å². The average molecular weight is 337 g/mol. The number of hydrogen-bond acceptors (Lipinski definition) is 4. The van der Waals surface area contributed by atoms with Crippen LogP contribution in [0.5, 0.6) is 0 Å². The maximum atomic E-state index is 12.5. The number of carbonyl (C=O) groups is 1. The van der Waals surface area contributed by atoms with Crippen LogP contribution in [-0.4, -0.2) is 63.0 Å². The van der Waals surface area contributed by atoms with Gasteiger partial charge in [-0.15, -0.1) is 10.2 Å². The molecule has 0 unspecified atom stereocenters. The van der Waals surface area contributed by atoms with E-state index in [1.165, 1.54) is 0 Å². The van der Waals surface area contributed by atoms with E-state index in [2.05, 4.69) is 28.6 Å². The van der Waals surface area contributed by atoms with Gasteiger partial charge in [0, 0.05) is 38.1 Å². The van der Waals surface area contributed by atoms with Gasteiger partial charge in [0.2, 0.25) is 0 Å². The van der Waals surface area contributed by atoms with Gasteiger partial charge in [-0.25, -0.2) is 4.79 Å². The second kappa shape index (κ2) is 7.11. The molecule has 0 radical (unpaired) electrons. The van der Waals surface area contributed by atoms with Crippen LogP contribution in [0.2, 0.25) is 0 Å². The van der Waals surface area contributed by atoms with E-state index in [1.54, 1.807) is 11.8 Å². The van der Waals surface area contributed by atoms with Gasteiger partial charge in [0.15, 0.2) is 5.16 Å². The number of nitrogens with zero attached hydrogens (tertiary/aromatic N) is 5. The summed E-state index contributed by atoms with van der Waals surface area (Å²) in [7, 11) is 0. The zero-order chi connectivity index (χ0) is 16.4. The van der Waals surface area contributed by atoms with E-state index in [0.29, 0.717) is 12.0 Å². The van der Waals surface area contributed by atoms with Gasteiger partial charge in [-0.2, -0.15) is 0 Å². The third-order valence-corrected chi connectivity index (χ3v) is 5.54. The van der Waals surface area contributed by atoms with Gasteiger partial charge in [-0.1, -0.05) is 11.8 Å². The Labute approximate surface area is 142 Å². The monoisotopic (exact) mass is 337 g/mol. The van der Waals surface area contributed by atoms with E-state index in [9.17, 15) is 4.79 Å². The second-order valence-corrected chi connectivity index (χ2v) is 7.52. The molecule has 0 atom stereocenters. The fraction of sp³-hybridized carbons (Fsp3) is 0.812. The Hall–Kier alpha value is -1.24. The van der Waals surface area contributed by atoms with Gasteiger partial charge in [-0.05, 0) is 45.8 Å². The SMILES string of the molecule is CSc1nnc(C2CCN(C(=O)N3CCCC3)CC2)n1C(C)C. The molecule has 0 spiro atoms. The molecular formula is C16H27N5OS. The summed E-state index contributed by atoms with van der Waals surface area (Å²) < 4.78 is 2.26. The summed E-state index contributed by atoms with van der Waals surface area (Å²) in [5.74, 6) is 1.51. The molecule has 3 heterocycles. The third kappa shape index (κ3) is 3.34. The molecule has 0 aliphatic carbocycles. The Balaban J connectivity index is 1.65. The zero-order valence-corrected chi connectivity index (χ0v) is 15.2. The quantitative estimate of drug-likeness (QED) is 0.796. The lowest BCUT2D eigenvalue weighted by Gasteiger charge is -2.34. The summed E-state index contributed by atoms with van der Waals surface area (Å²) in [5.41, 5.74) is 0. The molecule has 2 fully saturated rings. The molecule has 1 aromatic heterocycles. The van der Waals surface area contributed by atoms with E-state index < -0.39 is 0 Å².